The minimum Gasteiger partial charge on any atom is -0.340 e. The van der Waals surface area contributed by atoms with E-state index < -0.39 is 0 Å². The van der Waals surface area contributed by atoms with Crippen LogP contribution >= 0.6 is 0 Å². The fourth-order valence-corrected chi connectivity index (χ4v) is 4.11. The summed E-state index contributed by atoms with van der Waals surface area (Å²) >= 11 is 0. The molecule has 5 nitrogen and oxygen atoms in total. The molecule has 1 aliphatic heterocycles. The first-order chi connectivity index (χ1) is 13.2. The van der Waals surface area contributed by atoms with E-state index in [0.717, 1.165) is 55.3 Å². The monoisotopic (exact) mass is 362 g/mol. The third-order valence-electron chi connectivity index (χ3n) is 5.57. The van der Waals surface area contributed by atoms with Gasteiger partial charge >= 0.3 is 0 Å². The summed E-state index contributed by atoms with van der Waals surface area (Å²) in [5.74, 6) is 1.53. The molecule has 0 N–H and O–H groups in total. The van der Waals surface area contributed by atoms with Crippen LogP contribution < -0.4 is 0 Å². The van der Waals surface area contributed by atoms with Crippen LogP contribution in [0.15, 0.2) is 54.9 Å². The molecule has 0 radical (unpaired) electrons. The number of carbonyl (C=O) groups excluding carboxylic acids is 1. The maximum atomic E-state index is 13.2. The van der Waals surface area contributed by atoms with E-state index in [1.807, 2.05) is 59.2 Å². The molecule has 0 unspecified atom stereocenters. The van der Waals surface area contributed by atoms with E-state index in [4.69, 9.17) is 0 Å². The summed E-state index contributed by atoms with van der Waals surface area (Å²) in [4.78, 5) is 19.8. The van der Waals surface area contributed by atoms with Gasteiger partial charge in [-0.3, -0.25) is 4.79 Å². The van der Waals surface area contributed by atoms with E-state index in [0.29, 0.717) is 5.92 Å². The summed E-state index contributed by atoms with van der Waals surface area (Å²) < 4.78 is 4.20. The number of imidazole rings is 1. The maximum absolute atomic E-state index is 13.2. The second kappa shape index (κ2) is 7.43. The van der Waals surface area contributed by atoms with Crippen LogP contribution in [0.5, 0.6) is 0 Å². The van der Waals surface area contributed by atoms with Crippen molar-refractivity contribution < 1.29 is 4.79 Å². The van der Waals surface area contributed by atoms with Gasteiger partial charge in [-0.2, -0.15) is 0 Å². The lowest BCUT2D eigenvalue weighted by Gasteiger charge is -2.32. The van der Waals surface area contributed by atoms with Crippen LogP contribution in [0.25, 0.3) is 11.3 Å². The van der Waals surface area contributed by atoms with Crippen molar-refractivity contribution in [2.75, 3.05) is 13.1 Å². The average molecular weight is 362 g/mol. The van der Waals surface area contributed by atoms with Gasteiger partial charge in [0.2, 0.25) is 0 Å². The zero-order chi connectivity index (χ0) is 18.8. The van der Waals surface area contributed by atoms with Gasteiger partial charge in [0.15, 0.2) is 0 Å². The smallest absolute Gasteiger partial charge is 0.270 e. The Bertz CT molecular complexity index is 925. The van der Waals surface area contributed by atoms with Gasteiger partial charge in [0, 0.05) is 50.7 Å². The summed E-state index contributed by atoms with van der Waals surface area (Å²) in [6.45, 7) is 4.60. The molecular weight excluding hydrogens is 336 g/mol. The van der Waals surface area contributed by atoms with Gasteiger partial charge in [0.05, 0.1) is 0 Å². The van der Waals surface area contributed by atoms with Gasteiger partial charge in [-0.15, -0.1) is 0 Å². The molecule has 0 spiro atoms. The molecule has 1 aromatic carbocycles. The topological polar surface area (TPSA) is 43.1 Å². The number of aryl methyl sites for hydroxylation is 1. The molecule has 0 saturated carbocycles. The fraction of sp³-hybridized carbons (Fsp3) is 0.364. The molecule has 1 saturated heterocycles. The van der Waals surface area contributed by atoms with Gasteiger partial charge in [-0.1, -0.05) is 30.3 Å². The van der Waals surface area contributed by atoms with Crippen molar-refractivity contribution in [3.63, 3.8) is 0 Å². The molecule has 27 heavy (non-hydrogen) atoms. The first-order valence-corrected chi connectivity index (χ1v) is 9.70. The number of carbonyl (C=O) groups is 1. The number of hydrogen-bond donors (Lipinski definition) is 0. The van der Waals surface area contributed by atoms with Crippen LogP contribution in [0, 0.1) is 0 Å². The van der Waals surface area contributed by atoms with Gasteiger partial charge in [0.1, 0.15) is 11.5 Å². The number of nitrogens with zero attached hydrogens (tertiary/aromatic N) is 4. The predicted octanol–water partition coefficient (Wildman–Crippen LogP) is 3.93. The summed E-state index contributed by atoms with van der Waals surface area (Å²) in [5.41, 5.74) is 2.93. The first-order valence-electron chi connectivity index (χ1n) is 9.70. The SMILES string of the molecule is CCn1ccnc1[C@@H]1CCCN(C(=O)c2ccc(-c3ccccc3)n2C)C1. The standard InChI is InChI=1S/C22H26N4O/c1-3-25-15-13-23-21(25)18-10-7-14-26(16-18)22(27)20-12-11-19(24(20)2)17-8-5-4-6-9-17/h4-6,8-9,11-13,15,18H,3,7,10,14,16H2,1-2H3/t18-/m1/s1. The molecule has 3 aromatic rings. The maximum Gasteiger partial charge on any atom is 0.270 e. The van der Waals surface area contributed by atoms with E-state index in [1.165, 1.54) is 0 Å². The lowest BCUT2D eigenvalue weighted by atomic mass is 9.97. The van der Waals surface area contributed by atoms with Crippen molar-refractivity contribution in [2.45, 2.75) is 32.2 Å². The van der Waals surface area contributed by atoms with E-state index in [2.05, 4.69) is 28.6 Å². The molecule has 140 valence electrons. The highest BCUT2D eigenvalue weighted by atomic mass is 16.2. The van der Waals surface area contributed by atoms with E-state index in [1.54, 1.807) is 0 Å². The number of aromatic nitrogens is 3. The molecule has 1 atom stereocenters. The van der Waals surface area contributed by atoms with Gasteiger partial charge in [-0.05, 0) is 37.5 Å². The van der Waals surface area contributed by atoms with Crippen LogP contribution in [0.1, 0.15) is 42.0 Å². The molecule has 3 heterocycles. The number of amides is 1. The van der Waals surface area contributed by atoms with Crippen LogP contribution in [-0.4, -0.2) is 38.0 Å². The van der Waals surface area contributed by atoms with Crippen molar-refractivity contribution in [1.82, 2.24) is 19.0 Å². The van der Waals surface area contributed by atoms with Crippen molar-refractivity contribution in [3.8, 4) is 11.3 Å². The largest absolute Gasteiger partial charge is 0.340 e. The molecule has 1 amide bonds. The van der Waals surface area contributed by atoms with Crippen molar-refractivity contribution >= 4 is 5.91 Å². The summed E-state index contributed by atoms with van der Waals surface area (Å²) in [5, 5.41) is 0. The summed E-state index contributed by atoms with van der Waals surface area (Å²) in [7, 11) is 1.97. The average Bonchev–Trinajstić information content (AvgIpc) is 3.34. The number of hydrogen-bond acceptors (Lipinski definition) is 2. The molecule has 5 heteroatoms. The molecule has 0 bridgehead atoms. The molecule has 1 aliphatic rings. The molecule has 0 aliphatic carbocycles. The highest BCUT2D eigenvalue weighted by Crippen LogP contribution is 2.28. The number of piperidine rings is 1. The highest BCUT2D eigenvalue weighted by molar-refractivity contribution is 5.94. The molecule has 1 fully saturated rings. The Hall–Kier alpha value is -2.82. The predicted molar refractivity (Wildman–Crippen MR) is 107 cm³/mol. The minimum atomic E-state index is 0.110. The molecular formula is C22H26N4O. The van der Waals surface area contributed by atoms with E-state index >= 15 is 0 Å². The van der Waals surface area contributed by atoms with Gasteiger partial charge in [-0.25, -0.2) is 4.98 Å². The lowest BCUT2D eigenvalue weighted by molar-refractivity contribution is 0.0694. The first kappa shape index (κ1) is 17.6. The van der Waals surface area contributed by atoms with Crippen LogP contribution in [0.4, 0.5) is 0 Å². The zero-order valence-electron chi connectivity index (χ0n) is 16.0. The van der Waals surface area contributed by atoms with Crippen molar-refractivity contribution in [3.05, 3.63) is 66.4 Å². The third-order valence-corrected chi connectivity index (χ3v) is 5.57. The highest BCUT2D eigenvalue weighted by Gasteiger charge is 2.29. The Morgan fingerprint density at radius 1 is 1.19 bits per heavy atom. The Labute approximate surface area is 160 Å². The number of rotatable bonds is 4. The Morgan fingerprint density at radius 3 is 2.78 bits per heavy atom. The van der Waals surface area contributed by atoms with Crippen LogP contribution in [0.3, 0.4) is 0 Å². The van der Waals surface area contributed by atoms with E-state index in [9.17, 15) is 4.79 Å². The Balaban J connectivity index is 1.55. The Morgan fingerprint density at radius 2 is 2.00 bits per heavy atom. The zero-order valence-corrected chi connectivity index (χ0v) is 16.0. The summed E-state index contributed by atoms with van der Waals surface area (Å²) in [6, 6.07) is 14.2. The lowest BCUT2D eigenvalue weighted by Crippen LogP contribution is -2.40. The Kier molecular flexibility index (Phi) is 4.84. The van der Waals surface area contributed by atoms with Crippen molar-refractivity contribution in [1.29, 1.82) is 0 Å². The number of benzene rings is 1. The minimum absolute atomic E-state index is 0.110. The third kappa shape index (κ3) is 3.29. The van der Waals surface area contributed by atoms with Crippen LogP contribution in [-0.2, 0) is 13.6 Å². The molecule has 4 rings (SSSR count). The van der Waals surface area contributed by atoms with Gasteiger partial charge in [0.25, 0.3) is 5.91 Å². The van der Waals surface area contributed by atoms with Gasteiger partial charge < -0.3 is 14.0 Å². The van der Waals surface area contributed by atoms with E-state index in [-0.39, 0.29) is 5.91 Å². The molecule has 2 aromatic heterocycles. The number of likely N-dealkylation sites (tertiary alicyclic amines) is 1. The quantitative estimate of drug-likeness (QED) is 0.706. The fourth-order valence-electron chi connectivity index (χ4n) is 4.11. The normalized spacial score (nSPS) is 17.3. The van der Waals surface area contributed by atoms with Crippen molar-refractivity contribution in [2.24, 2.45) is 7.05 Å². The second-order valence-electron chi connectivity index (χ2n) is 7.19. The second-order valence-corrected chi connectivity index (χ2v) is 7.19. The van der Waals surface area contributed by atoms with Crippen LogP contribution in [0.2, 0.25) is 0 Å². The summed E-state index contributed by atoms with van der Waals surface area (Å²) in [6.07, 6.45) is 5.99.